The number of aliphatic hydroxyl groups excluding tert-OH is 1. The zero-order chi connectivity index (χ0) is 13.3. The van der Waals surface area contributed by atoms with E-state index in [1.54, 1.807) is 6.92 Å². The van der Waals surface area contributed by atoms with Crippen molar-refractivity contribution in [1.29, 1.82) is 0 Å². The Morgan fingerprint density at radius 2 is 2.33 bits per heavy atom. The predicted molar refractivity (Wildman–Crippen MR) is 72.8 cm³/mol. The molecule has 0 bridgehead atoms. The maximum absolute atomic E-state index is 12.0. The third-order valence-electron chi connectivity index (χ3n) is 2.59. The first-order valence-corrected chi connectivity index (χ1v) is 6.42. The molecule has 96 valence electrons. The molecule has 0 radical (unpaired) electrons. The van der Waals surface area contributed by atoms with Crippen LogP contribution in [-0.4, -0.2) is 28.6 Å². The summed E-state index contributed by atoms with van der Waals surface area (Å²) in [4.78, 5) is 17.5. The second kappa shape index (κ2) is 4.91. The van der Waals surface area contributed by atoms with Gasteiger partial charge in [-0.1, -0.05) is 0 Å². The third-order valence-corrected chi connectivity index (χ3v) is 3.70. The molecule has 2 rings (SSSR count). The van der Waals surface area contributed by atoms with Gasteiger partial charge in [0, 0.05) is 17.1 Å². The number of rotatable bonds is 3. The number of nitrogens with one attached hydrogen (secondary N) is 1. The van der Waals surface area contributed by atoms with Crippen molar-refractivity contribution in [3.63, 3.8) is 0 Å². The van der Waals surface area contributed by atoms with Gasteiger partial charge in [0.15, 0.2) is 0 Å². The molecular weight excluding hydrogens is 250 g/mol. The molecule has 0 aliphatic heterocycles. The van der Waals surface area contributed by atoms with Crippen molar-refractivity contribution in [2.45, 2.75) is 19.9 Å². The quantitative estimate of drug-likeness (QED) is 0.780. The van der Waals surface area contributed by atoms with Crippen LogP contribution in [-0.2, 0) is 0 Å². The number of hydrogen-bond donors (Lipinski definition) is 3. The van der Waals surface area contributed by atoms with Crippen molar-refractivity contribution in [3.05, 3.63) is 22.7 Å². The molecule has 4 N–H and O–H groups in total. The lowest BCUT2D eigenvalue weighted by atomic mass is 10.2. The number of aliphatic hydroxyl groups is 1. The fourth-order valence-electron chi connectivity index (χ4n) is 1.59. The van der Waals surface area contributed by atoms with Gasteiger partial charge >= 0.3 is 0 Å². The van der Waals surface area contributed by atoms with Gasteiger partial charge in [0.05, 0.1) is 12.3 Å². The van der Waals surface area contributed by atoms with E-state index in [0.29, 0.717) is 10.6 Å². The first-order valence-electron chi connectivity index (χ1n) is 5.60. The van der Waals surface area contributed by atoms with Gasteiger partial charge in [-0.05, 0) is 26.0 Å². The standard InChI is InChI=1S/C12H15N3O2S/c1-6-3-4-8-9(13)10(18-12(8)15-6)11(17)14-7(2)5-16/h3-4,7,16H,5,13H2,1-2H3,(H,14,17). The Balaban J connectivity index is 2.39. The highest BCUT2D eigenvalue weighted by atomic mass is 32.1. The van der Waals surface area contributed by atoms with Crippen molar-refractivity contribution in [2.75, 3.05) is 12.3 Å². The number of carbonyl (C=O) groups is 1. The van der Waals surface area contributed by atoms with Gasteiger partial charge in [0.25, 0.3) is 5.91 Å². The summed E-state index contributed by atoms with van der Waals surface area (Å²) in [5, 5.41) is 12.4. The van der Waals surface area contributed by atoms with Crippen molar-refractivity contribution in [1.82, 2.24) is 10.3 Å². The Hall–Kier alpha value is -1.66. The number of fused-ring (bicyclic) bond motifs is 1. The topological polar surface area (TPSA) is 88.2 Å². The van der Waals surface area contributed by atoms with E-state index in [0.717, 1.165) is 15.9 Å². The van der Waals surface area contributed by atoms with Gasteiger partial charge < -0.3 is 16.2 Å². The Morgan fingerprint density at radius 1 is 1.61 bits per heavy atom. The zero-order valence-electron chi connectivity index (χ0n) is 10.2. The summed E-state index contributed by atoms with van der Waals surface area (Å²) in [5.74, 6) is -0.269. The Kier molecular flexibility index (Phi) is 3.49. The number of pyridine rings is 1. The number of hydrogen-bond acceptors (Lipinski definition) is 5. The number of thiophene rings is 1. The minimum atomic E-state index is -0.295. The summed E-state index contributed by atoms with van der Waals surface area (Å²) in [6, 6.07) is 3.44. The zero-order valence-corrected chi connectivity index (χ0v) is 11.0. The predicted octanol–water partition coefficient (Wildman–Crippen LogP) is 1.30. The van der Waals surface area contributed by atoms with Crippen LogP contribution in [0.1, 0.15) is 22.3 Å². The summed E-state index contributed by atoms with van der Waals surface area (Å²) >= 11 is 1.27. The van der Waals surface area contributed by atoms with Crippen LogP contribution in [0.5, 0.6) is 0 Å². The third kappa shape index (κ3) is 2.30. The second-order valence-corrected chi connectivity index (χ2v) is 5.21. The molecule has 5 nitrogen and oxygen atoms in total. The normalized spacial score (nSPS) is 12.6. The highest BCUT2D eigenvalue weighted by Crippen LogP contribution is 2.32. The van der Waals surface area contributed by atoms with E-state index in [-0.39, 0.29) is 18.6 Å². The molecule has 0 fully saturated rings. The van der Waals surface area contributed by atoms with Crippen molar-refractivity contribution in [2.24, 2.45) is 0 Å². The lowest BCUT2D eigenvalue weighted by Crippen LogP contribution is -2.34. The van der Waals surface area contributed by atoms with E-state index in [1.165, 1.54) is 11.3 Å². The number of aryl methyl sites for hydroxylation is 1. The van der Waals surface area contributed by atoms with E-state index in [9.17, 15) is 4.79 Å². The average Bonchev–Trinajstić information content (AvgIpc) is 2.66. The molecule has 0 saturated heterocycles. The van der Waals surface area contributed by atoms with Crippen molar-refractivity contribution in [3.8, 4) is 0 Å². The van der Waals surface area contributed by atoms with Crippen LogP contribution in [0.2, 0.25) is 0 Å². The fraction of sp³-hybridized carbons (Fsp3) is 0.333. The maximum Gasteiger partial charge on any atom is 0.263 e. The van der Waals surface area contributed by atoms with Crippen LogP contribution in [0.4, 0.5) is 5.69 Å². The molecule has 1 atom stereocenters. The molecule has 2 aromatic rings. The number of anilines is 1. The van der Waals surface area contributed by atoms with Crippen LogP contribution in [0, 0.1) is 6.92 Å². The van der Waals surface area contributed by atoms with E-state index in [1.807, 2.05) is 19.1 Å². The van der Waals surface area contributed by atoms with E-state index < -0.39 is 0 Å². The van der Waals surface area contributed by atoms with Gasteiger partial charge in [-0.2, -0.15) is 0 Å². The first kappa shape index (κ1) is 12.8. The monoisotopic (exact) mass is 265 g/mol. The molecule has 6 heteroatoms. The van der Waals surface area contributed by atoms with Gasteiger partial charge in [-0.25, -0.2) is 4.98 Å². The molecule has 1 unspecified atom stereocenters. The van der Waals surface area contributed by atoms with Crippen molar-refractivity contribution >= 4 is 33.1 Å². The highest BCUT2D eigenvalue weighted by molar-refractivity contribution is 7.21. The first-order chi connectivity index (χ1) is 8.52. The summed E-state index contributed by atoms with van der Waals surface area (Å²) < 4.78 is 0. The fourth-order valence-corrected chi connectivity index (χ4v) is 2.64. The molecule has 1 amide bonds. The molecule has 18 heavy (non-hydrogen) atoms. The van der Waals surface area contributed by atoms with Crippen LogP contribution in [0.15, 0.2) is 12.1 Å². The van der Waals surface area contributed by atoms with Gasteiger partial charge in [-0.15, -0.1) is 11.3 Å². The summed E-state index contributed by atoms with van der Waals surface area (Å²) in [7, 11) is 0. The molecular formula is C12H15N3O2S. The second-order valence-electron chi connectivity index (χ2n) is 4.21. The lowest BCUT2D eigenvalue weighted by Gasteiger charge is -2.09. The van der Waals surface area contributed by atoms with Crippen LogP contribution in [0.25, 0.3) is 10.2 Å². The molecule has 0 aromatic carbocycles. The molecule has 0 aliphatic carbocycles. The molecule has 0 spiro atoms. The smallest absolute Gasteiger partial charge is 0.263 e. The molecule has 0 saturated carbocycles. The molecule has 0 aliphatic rings. The van der Waals surface area contributed by atoms with Gasteiger partial charge in [0.2, 0.25) is 0 Å². The highest BCUT2D eigenvalue weighted by Gasteiger charge is 2.18. The van der Waals surface area contributed by atoms with Crippen LogP contribution >= 0.6 is 11.3 Å². The van der Waals surface area contributed by atoms with Crippen LogP contribution < -0.4 is 11.1 Å². The average molecular weight is 265 g/mol. The lowest BCUT2D eigenvalue weighted by molar-refractivity contribution is 0.0927. The SMILES string of the molecule is Cc1ccc2c(N)c(C(=O)NC(C)CO)sc2n1. The Morgan fingerprint density at radius 3 is 3.00 bits per heavy atom. The number of amides is 1. The minimum absolute atomic E-state index is 0.103. The number of nitrogens with zero attached hydrogens (tertiary/aromatic N) is 1. The Bertz CT molecular complexity index is 594. The number of carbonyl (C=O) groups excluding carboxylic acids is 1. The summed E-state index contributed by atoms with van der Waals surface area (Å²) in [6.07, 6.45) is 0. The van der Waals surface area contributed by atoms with Gasteiger partial charge in [-0.3, -0.25) is 4.79 Å². The van der Waals surface area contributed by atoms with E-state index in [4.69, 9.17) is 10.8 Å². The van der Waals surface area contributed by atoms with E-state index in [2.05, 4.69) is 10.3 Å². The minimum Gasteiger partial charge on any atom is -0.397 e. The van der Waals surface area contributed by atoms with Crippen molar-refractivity contribution < 1.29 is 9.90 Å². The Labute approximate surface area is 109 Å². The largest absolute Gasteiger partial charge is 0.397 e. The summed E-state index contributed by atoms with van der Waals surface area (Å²) in [5.41, 5.74) is 7.29. The maximum atomic E-state index is 12.0. The summed E-state index contributed by atoms with van der Waals surface area (Å²) in [6.45, 7) is 3.51. The molecule has 2 aromatic heterocycles. The number of aromatic nitrogens is 1. The number of nitrogen functional groups attached to an aromatic ring is 1. The van der Waals surface area contributed by atoms with E-state index >= 15 is 0 Å². The number of nitrogens with two attached hydrogens (primary N) is 1. The van der Waals surface area contributed by atoms with Crippen LogP contribution in [0.3, 0.4) is 0 Å². The molecule has 2 heterocycles. The van der Waals surface area contributed by atoms with Gasteiger partial charge in [0.1, 0.15) is 9.71 Å².